The summed E-state index contributed by atoms with van der Waals surface area (Å²) >= 11 is 5.95. The Morgan fingerprint density at radius 3 is 2.53 bits per heavy atom. The summed E-state index contributed by atoms with van der Waals surface area (Å²) in [6.45, 7) is 0.308. The molecule has 3 N–H and O–H groups in total. The first kappa shape index (κ1) is 25.5. The van der Waals surface area contributed by atoms with Crippen molar-refractivity contribution in [2.45, 2.75) is 18.3 Å². The molecule has 1 unspecified atom stereocenters. The molecule has 1 heterocycles. The third-order valence-corrected chi connectivity index (χ3v) is 7.55. The molecule has 0 saturated heterocycles. The van der Waals surface area contributed by atoms with Crippen molar-refractivity contribution in [2.24, 2.45) is 0 Å². The maximum atomic E-state index is 13.2. The molecule has 0 aromatic heterocycles. The van der Waals surface area contributed by atoms with E-state index < -0.39 is 39.1 Å². The van der Waals surface area contributed by atoms with Crippen molar-refractivity contribution in [3.8, 4) is 5.75 Å². The zero-order valence-electron chi connectivity index (χ0n) is 19.2. The molecule has 1 aliphatic heterocycles. The SMILES string of the molecule is COc1ccc(CNC(=O)c2ccc3c(c2)NC(=O)C(CS(=O)(=O)Cc2ccc(F)cc2Cl)N3)cc1. The standard InChI is InChI=1S/C25H23ClFN3O5S/c1-35-19-7-2-15(3-8-19)12-28-24(31)16-5-9-21-22(10-16)30-25(32)23(29-21)14-36(33,34)13-17-4-6-18(27)11-20(17)26/h2-11,23,29H,12-14H2,1H3,(H,28,31)(H,30,32). The number of anilines is 2. The second kappa shape index (κ2) is 10.5. The van der Waals surface area contributed by atoms with Crippen LogP contribution in [0.4, 0.5) is 15.8 Å². The highest BCUT2D eigenvalue weighted by Crippen LogP contribution is 2.29. The van der Waals surface area contributed by atoms with E-state index in [9.17, 15) is 22.4 Å². The summed E-state index contributed by atoms with van der Waals surface area (Å²) < 4.78 is 43.8. The zero-order valence-corrected chi connectivity index (χ0v) is 20.8. The molecule has 11 heteroatoms. The van der Waals surface area contributed by atoms with Crippen LogP contribution in [0.15, 0.2) is 60.7 Å². The van der Waals surface area contributed by atoms with Gasteiger partial charge < -0.3 is 20.7 Å². The molecule has 4 rings (SSSR count). The fraction of sp³-hybridized carbons (Fsp3) is 0.200. The van der Waals surface area contributed by atoms with Gasteiger partial charge in [-0.3, -0.25) is 9.59 Å². The minimum atomic E-state index is -3.77. The molecular weight excluding hydrogens is 509 g/mol. The van der Waals surface area contributed by atoms with Gasteiger partial charge in [0.25, 0.3) is 5.91 Å². The largest absolute Gasteiger partial charge is 0.497 e. The Bertz CT molecular complexity index is 1410. The molecule has 8 nitrogen and oxygen atoms in total. The van der Waals surface area contributed by atoms with Gasteiger partial charge in [-0.05, 0) is 53.6 Å². The summed E-state index contributed by atoms with van der Waals surface area (Å²) in [5, 5.41) is 8.40. The third-order valence-electron chi connectivity index (χ3n) is 5.61. The van der Waals surface area contributed by atoms with E-state index in [4.69, 9.17) is 16.3 Å². The number of carbonyl (C=O) groups is 2. The van der Waals surface area contributed by atoms with Crippen LogP contribution in [-0.2, 0) is 26.9 Å². The van der Waals surface area contributed by atoms with E-state index >= 15 is 0 Å². The Hall–Kier alpha value is -3.63. The van der Waals surface area contributed by atoms with Crippen LogP contribution in [-0.4, -0.2) is 39.1 Å². The highest BCUT2D eigenvalue weighted by atomic mass is 35.5. The van der Waals surface area contributed by atoms with E-state index in [1.165, 1.54) is 12.1 Å². The van der Waals surface area contributed by atoms with E-state index in [-0.39, 0.29) is 16.5 Å². The molecular formula is C25H23ClFN3O5S. The minimum absolute atomic E-state index is 0.00257. The number of methoxy groups -OCH3 is 1. The predicted octanol–water partition coefficient (Wildman–Crippen LogP) is 3.77. The number of hydrogen-bond acceptors (Lipinski definition) is 6. The number of ether oxygens (including phenoxy) is 1. The minimum Gasteiger partial charge on any atom is -0.497 e. The van der Waals surface area contributed by atoms with E-state index in [0.29, 0.717) is 29.2 Å². The van der Waals surface area contributed by atoms with Gasteiger partial charge in [-0.25, -0.2) is 12.8 Å². The lowest BCUT2D eigenvalue weighted by atomic mass is 10.1. The summed E-state index contributed by atoms with van der Waals surface area (Å²) in [6.07, 6.45) is 0. The van der Waals surface area contributed by atoms with Gasteiger partial charge in [0.15, 0.2) is 9.84 Å². The molecule has 0 spiro atoms. The van der Waals surface area contributed by atoms with E-state index in [1.54, 1.807) is 31.4 Å². The van der Waals surface area contributed by atoms with Crippen LogP contribution in [0, 0.1) is 5.82 Å². The number of sulfone groups is 1. The quantitative estimate of drug-likeness (QED) is 0.408. The number of halogens is 2. The fourth-order valence-electron chi connectivity index (χ4n) is 3.72. The van der Waals surface area contributed by atoms with Crippen molar-refractivity contribution in [3.05, 3.63) is 88.2 Å². The third kappa shape index (κ3) is 6.13. The van der Waals surface area contributed by atoms with E-state index in [0.717, 1.165) is 17.7 Å². The number of hydrogen-bond donors (Lipinski definition) is 3. The first-order chi connectivity index (χ1) is 17.1. The maximum absolute atomic E-state index is 13.2. The number of nitrogens with one attached hydrogen (secondary N) is 3. The van der Waals surface area contributed by atoms with E-state index in [2.05, 4.69) is 16.0 Å². The van der Waals surface area contributed by atoms with Crippen LogP contribution in [0.25, 0.3) is 0 Å². The predicted molar refractivity (Wildman–Crippen MR) is 136 cm³/mol. The molecule has 2 amide bonds. The molecule has 188 valence electrons. The summed E-state index contributed by atoms with van der Waals surface area (Å²) in [6, 6.07) is 14.4. The highest BCUT2D eigenvalue weighted by molar-refractivity contribution is 7.90. The number of amides is 2. The Morgan fingerprint density at radius 2 is 1.83 bits per heavy atom. The highest BCUT2D eigenvalue weighted by Gasteiger charge is 2.31. The maximum Gasteiger partial charge on any atom is 0.251 e. The average Bonchev–Trinajstić information content (AvgIpc) is 2.84. The average molecular weight is 532 g/mol. The lowest BCUT2D eigenvalue weighted by molar-refractivity contribution is -0.116. The lowest BCUT2D eigenvalue weighted by Gasteiger charge is -2.27. The van der Waals surface area contributed by atoms with Gasteiger partial charge >= 0.3 is 0 Å². The Kier molecular flexibility index (Phi) is 7.46. The fourth-order valence-corrected chi connectivity index (χ4v) is 5.62. The molecule has 0 aliphatic carbocycles. The van der Waals surface area contributed by atoms with Crippen molar-refractivity contribution in [1.29, 1.82) is 0 Å². The van der Waals surface area contributed by atoms with Crippen LogP contribution in [0.1, 0.15) is 21.5 Å². The molecule has 1 atom stereocenters. The topological polar surface area (TPSA) is 114 Å². The van der Waals surface area contributed by atoms with Crippen molar-refractivity contribution in [1.82, 2.24) is 5.32 Å². The van der Waals surface area contributed by atoms with Gasteiger partial charge in [0.1, 0.15) is 17.6 Å². The summed E-state index contributed by atoms with van der Waals surface area (Å²) in [7, 11) is -2.19. The van der Waals surface area contributed by atoms with Gasteiger partial charge in [0.05, 0.1) is 30.0 Å². The van der Waals surface area contributed by atoms with Crippen LogP contribution >= 0.6 is 11.6 Å². The first-order valence-electron chi connectivity index (χ1n) is 10.9. The van der Waals surface area contributed by atoms with Gasteiger partial charge in [0, 0.05) is 17.1 Å². The molecule has 3 aromatic rings. The molecule has 0 fully saturated rings. The van der Waals surface area contributed by atoms with E-state index in [1.807, 2.05) is 12.1 Å². The Labute approximate surface area is 212 Å². The number of benzene rings is 3. The monoisotopic (exact) mass is 531 g/mol. The Balaban J connectivity index is 1.39. The zero-order chi connectivity index (χ0) is 25.9. The smallest absolute Gasteiger partial charge is 0.251 e. The second-order valence-corrected chi connectivity index (χ2v) is 10.8. The number of rotatable bonds is 8. The van der Waals surface area contributed by atoms with Crippen molar-refractivity contribution >= 4 is 44.6 Å². The van der Waals surface area contributed by atoms with Crippen molar-refractivity contribution in [3.63, 3.8) is 0 Å². The molecule has 36 heavy (non-hydrogen) atoms. The summed E-state index contributed by atoms with van der Waals surface area (Å²) in [5.41, 5.74) is 2.33. The molecule has 1 aliphatic rings. The molecule has 0 bridgehead atoms. The van der Waals surface area contributed by atoms with Crippen LogP contribution in [0.2, 0.25) is 5.02 Å². The second-order valence-electron chi connectivity index (χ2n) is 8.27. The van der Waals surface area contributed by atoms with Crippen molar-refractivity contribution in [2.75, 3.05) is 23.5 Å². The van der Waals surface area contributed by atoms with Gasteiger partial charge in [-0.2, -0.15) is 0 Å². The van der Waals surface area contributed by atoms with Crippen LogP contribution in [0.3, 0.4) is 0 Å². The molecule has 3 aromatic carbocycles. The normalized spacial score (nSPS) is 14.9. The van der Waals surface area contributed by atoms with Gasteiger partial charge in [-0.15, -0.1) is 0 Å². The van der Waals surface area contributed by atoms with Crippen molar-refractivity contribution < 1.29 is 27.1 Å². The summed E-state index contributed by atoms with van der Waals surface area (Å²) in [4.78, 5) is 25.2. The Morgan fingerprint density at radius 1 is 1.08 bits per heavy atom. The number of fused-ring (bicyclic) bond motifs is 1. The summed E-state index contributed by atoms with van der Waals surface area (Å²) in [5.74, 6) is -1.66. The molecule has 0 saturated carbocycles. The number of carbonyl (C=O) groups excluding carboxylic acids is 2. The van der Waals surface area contributed by atoms with Crippen LogP contribution in [0.5, 0.6) is 5.75 Å². The molecule has 0 radical (unpaired) electrons. The lowest BCUT2D eigenvalue weighted by Crippen LogP contribution is -2.43. The van der Waals surface area contributed by atoms with Crippen LogP contribution < -0.4 is 20.7 Å². The van der Waals surface area contributed by atoms with Gasteiger partial charge in [-0.1, -0.05) is 29.8 Å². The van der Waals surface area contributed by atoms with Gasteiger partial charge in [0.2, 0.25) is 5.91 Å². The first-order valence-corrected chi connectivity index (χ1v) is 13.1.